The fourth-order valence-electron chi connectivity index (χ4n) is 1.11. The summed E-state index contributed by atoms with van der Waals surface area (Å²) in [7, 11) is 1.71. The van der Waals surface area contributed by atoms with Crippen molar-refractivity contribution >= 4 is 12.0 Å². The van der Waals surface area contributed by atoms with Crippen molar-refractivity contribution < 1.29 is 4.79 Å². The molecule has 0 N–H and O–H groups in total. The molecule has 1 rings (SSSR count). The highest BCUT2D eigenvalue weighted by Crippen LogP contribution is 2.00. The Morgan fingerprint density at radius 3 is 2.50 bits per heavy atom. The zero-order valence-electron chi connectivity index (χ0n) is 9.40. The molecule has 2 heteroatoms. The highest BCUT2D eigenvalue weighted by atomic mass is 16.1. The Hall–Kier alpha value is -2.14. The number of allylic oxidation sites excluding steroid dienone is 2. The molecule has 16 heavy (non-hydrogen) atoms. The minimum atomic E-state index is 0.656. The number of hydrogen-bond donors (Lipinski definition) is 0. The lowest BCUT2D eigenvalue weighted by Crippen LogP contribution is -1.87. The standard InChI is InChI=1S/C14H13NO/c1-3-4-14(15-2)10-9-12-5-7-13(11-16)8-6-12/h3-8,11H,1-2H3/b4-3-,15-14+. The van der Waals surface area contributed by atoms with Crippen LogP contribution in [0.1, 0.15) is 22.8 Å². The molecule has 0 aliphatic carbocycles. The average Bonchev–Trinajstić information content (AvgIpc) is 2.35. The lowest BCUT2D eigenvalue weighted by molar-refractivity contribution is 0.112. The molecule has 0 saturated heterocycles. The van der Waals surface area contributed by atoms with Gasteiger partial charge in [0.25, 0.3) is 0 Å². The van der Waals surface area contributed by atoms with E-state index in [2.05, 4.69) is 16.8 Å². The van der Waals surface area contributed by atoms with Gasteiger partial charge in [0.1, 0.15) is 12.0 Å². The fourth-order valence-corrected chi connectivity index (χ4v) is 1.11. The van der Waals surface area contributed by atoms with Crippen molar-refractivity contribution in [2.45, 2.75) is 6.92 Å². The summed E-state index contributed by atoms with van der Waals surface area (Å²) in [4.78, 5) is 14.5. The van der Waals surface area contributed by atoms with E-state index in [1.165, 1.54) is 0 Å². The number of aldehydes is 1. The van der Waals surface area contributed by atoms with E-state index in [4.69, 9.17) is 0 Å². The van der Waals surface area contributed by atoms with Crippen molar-refractivity contribution in [2.24, 2.45) is 4.99 Å². The highest BCUT2D eigenvalue weighted by Gasteiger charge is 1.89. The van der Waals surface area contributed by atoms with Crippen molar-refractivity contribution in [3.8, 4) is 11.8 Å². The van der Waals surface area contributed by atoms with Crippen LogP contribution in [0.2, 0.25) is 0 Å². The van der Waals surface area contributed by atoms with Gasteiger partial charge in [-0.1, -0.05) is 24.1 Å². The van der Waals surface area contributed by atoms with Crippen LogP contribution >= 0.6 is 0 Å². The number of hydrogen-bond acceptors (Lipinski definition) is 2. The van der Waals surface area contributed by atoms with Crippen LogP contribution in [0.3, 0.4) is 0 Å². The molecule has 0 spiro atoms. The van der Waals surface area contributed by atoms with E-state index < -0.39 is 0 Å². The van der Waals surface area contributed by atoms with E-state index in [0.29, 0.717) is 5.56 Å². The Morgan fingerprint density at radius 2 is 2.00 bits per heavy atom. The maximum Gasteiger partial charge on any atom is 0.150 e. The lowest BCUT2D eigenvalue weighted by atomic mass is 10.1. The van der Waals surface area contributed by atoms with Crippen molar-refractivity contribution in [3.63, 3.8) is 0 Å². The first-order valence-corrected chi connectivity index (χ1v) is 4.97. The molecule has 0 bridgehead atoms. The topological polar surface area (TPSA) is 29.4 Å². The molecule has 2 nitrogen and oxygen atoms in total. The van der Waals surface area contributed by atoms with Crippen LogP contribution < -0.4 is 0 Å². The Balaban J connectivity index is 2.87. The first-order chi connectivity index (χ1) is 7.80. The summed E-state index contributed by atoms with van der Waals surface area (Å²) in [6.07, 6.45) is 4.56. The van der Waals surface area contributed by atoms with Crippen LogP contribution in [0, 0.1) is 11.8 Å². The van der Waals surface area contributed by atoms with E-state index >= 15 is 0 Å². The number of nitrogens with zero attached hydrogens (tertiary/aromatic N) is 1. The van der Waals surface area contributed by atoms with Crippen molar-refractivity contribution in [2.75, 3.05) is 7.05 Å². The van der Waals surface area contributed by atoms with Crippen molar-refractivity contribution in [3.05, 3.63) is 47.5 Å². The third kappa shape index (κ3) is 3.55. The molecule has 0 heterocycles. The first-order valence-electron chi connectivity index (χ1n) is 4.97. The predicted octanol–water partition coefficient (Wildman–Crippen LogP) is 2.50. The molecule has 0 unspecified atom stereocenters. The Bertz CT molecular complexity index is 470. The number of rotatable bonds is 2. The zero-order chi connectivity index (χ0) is 11.8. The second kappa shape index (κ2) is 6.36. The van der Waals surface area contributed by atoms with Gasteiger partial charge in [-0.3, -0.25) is 9.79 Å². The summed E-state index contributed by atoms with van der Waals surface area (Å²) in [6.45, 7) is 1.92. The molecule has 1 aromatic carbocycles. The molecule has 0 saturated carbocycles. The maximum absolute atomic E-state index is 10.5. The molecular formula is C14H13NO. The number of aliphatic imine (C=N–C) groups is 1. The van der Waals surface area contributed by atoms with Gasteiger partial charge >= 0.3 is 0 Å². The van der Waals surface area contributed by atoms with Gasteiger partial charge in [0, 0.05) is 18.2 Å². The van der Waals surface area contributed by atoms with Crippen LogP contribution in [0.25, 0.3) is 0 Å². The summed E-state index contributed by atoms with van der Waals surface area (Å²) in [5, 5.41) is 0. The van der Waals surface area contributed by atoms with Gasteiger partial charge in [-0.05, 0) is 31.1 Å². The number of carbonyl (C=O) groups excluding carboxylic acids is 1. The third-order valence-electron chi connectivity index (χ3n) is 1.95. The average molecular weight is 211 g/mol. The fraction of sp³-hybridized carbons (Fsp3) is 0.143. The van der Waals surface area contributed by atoms with E-state index in [9.17, 15) is 4.79 Å². The molecule has 0 fully saturated rings. The Morgan fingerprint density at radius 1 is 1.31 bits per heavy atom. The van der Waals surface area contributed by atoms with Crippen LogP contribution in [0.5, 0.6) is 0 Å². The van der Waals surface area contributed by atoms with Crippen molar-refractivity contribution in [1.29, 1.82) is 0 Å². The zero-order valence-corrected chi connectivity index (χ0v) is 9.40. The van der Waals surface area contributed by atoms with Gasteiger partial charge in [0.15, 0.2) is 0 Å². The molecule has 0 amide bonds. The summed E-state index contributed by atoms with van der Waals surface area (Å²) in [6, 6.07) is 7.13. The van der Waals surface area contributed by atoms with Crippen molar-refractivity contribution in [1.82, 2.24) is 0 Å². The van der Waals surface area contributed by atoms with Crippen LogP contribution in [0.15, 0.2) is 41.4 Å². The van der Waals surface area contributed by atoms with Gasteiger partial charge in [-0.25, -0.2) is 0 Å². The largest absolute Gasteiger partial charge is 0.298 e. The second-order valence-corrected chi connectivity index (χ2v) is 3.10. The molecule has 80 valence electrons. The summed E-state index contributed by atoms with van der Waals surface area (Å²) in [5.41, 5.74) is 2.27. The molecule has 1 aromatic rings. The molecule has 0 radical (unpaired) electrons. The first kappa shape index (κ1) is 11.9. The minimum Gasteiger partial charge on any atom is -0.298 e. The van der Waals surface area contributed by atoms with Crippen LogP contribution in [-0.4, -0.2) is 19.0 Å². The van der Waals surface area contributed by atoms with Gasteiger partial charge in [-0.2, -0.15) is 0 Å². The summed E-state index contributed by atoms with van der Waals surface area (Å²) < 4.78 is 0. The van der Waals surface area contributed by atoms with E-state index in [0.717, 1.165) is 17.6 Å². The van der Waals surface area contributed by atoms with Gasteiger partial charge in [0.2, 0.25) is 0 Å². The summed E-state index contributed by atoms with van der Waals surface area (Å²) in [5.74, 6) is 5.93. The van der Waals surface area contributed by atoms with Crippen LogP contribution in [-0.2, 0) is 0 Å². The van der Waals surface area contributed by atoms with Crippen LogP contribution in [0.4, 0.5) is 0 Å². The Labute approximate surface area is 95.7 Å². The summed E-state index contributed by atoms with van der Waals surface area (Å²) >= 11 is 0. The minimum absolute atomic E-state index is 0.656. The number of benzene rings is 1. The maximum atomic E-state index is 10.5. The highest BCUT2D eigenvalue weighted by molar-refractivity contribution is 6.08. The smallest absolute Gasteiger partial charge is 0.150 e. The lowest BCUT2D eigenvalue weighted by Gasteiger charge is -1.91. The number of carbonyl (C=O) groups is 1. The van der Waals surface area contributed by atoms with E-state index in [1.807, 2.05) is 31.2 Å². The quantitative estimate of drug-likeness (QED) is 0.420. The second-order valence-electron chi connectivity index (χ2n) is 3.10. The van der Waals surface area contributed by atoms with E-state index in [-0.39, 0.29) is 0 Å². The van der Waals surface area contributed by atoms with Gasteiger partial charge in [0.05, 0.1) is 0 Å². The van der Waals surface area contributed by atoms with E-state index in [1.54, 1.807) is 19.2 Å². The molecule has 0 aromatic heterocycles. The third-order valence-corrected chi connectivity index (χ3v) is 1.95. The Kier molecular flexibility index (Phi) is 4.75. The van der Waals surface area contributed by atoms with Gasteiger partial charge in [-0.15, -0.1) is 0 Å². The molecule has 0 aliphatic rings. The SMILES string of the molecule is C/C=C\C(C#Cc1ccc(C=O)cc1)=N/C. The molecule has 0 atom stereocenters. The normalized spacial score (nSPS) is 11.0. The monoisotopic (exact) mass is 211 g/mol. The van der Waals surface area contributed by atoms with Gasteiger partial charge < -0.3 is 0 Å². The predicted molar refractivity (Wildman–Crippen MR) is 66.9 cm³/mol. The molecular weight excluding hydrogens is 198 g/mol. The molecule has 0 aliphatic heterocycles.